The zero-order chi connectivity index (χ0) is 24.6. The Hall–Kier alpha value is -2.19. The second-order valence-electron chi connectivity index (χ2n) is 9.65. The van der Waals surface area contributed by atoms with Crippen molar-refractivity contribution in [1.29, 1.82) is 0 Å². The summed E-state index contributed by atoms with van der Waals surface area (Å²) in [6.45, 7) is 12.9. The lowest BCUT2D eigenvalue weighted by Crippen LogP contribution is -2.48. The lowest BCUT2D eigenvalue weighted by atomic mass is 10.1. The average Bonchev–Trinajstić information content (AvgIpc) is 2.97. The van der Waals surface area contributed by atoms with Gasteiger partial charge in [0, 0.05) is 44.3 Å². The first-order chi connectivity index (χ1) is 16.2. The molecular formula is C27H39FN2O4. The summed E-state index contributed by atoms with van der Waals surface area (Å²) < 4.78 is 30.7. The maximum atomic E-state index is 13.4. The third kappa shape index (κ3) is 8.24. The Morgan fingerprint density at radius 1 is 1.06 bits per heavy atom. The van der Waals surface area contributed by atoms with E-state index in [2.05, 4.69) is 49.6 Å². The Balaban J connectivity index is 1.50. The fourth-order valence-electron chi connectivity index (χ4n) is 4.32. The largest absolute Gasteiger partial charge is 0.492 e. The molecule has 1 unspecified atom stereocenters. The van der Waals surface area contributed by atoms with E-state index in [9.17, 15) is 9.50 Å². The van der Waals surface area contributed by atoms with Gasteiger partial charge in [-0.2, -0.15) is 0 Å². The number of β-amino-alcohol motifs (C(OH)–C–C–N with tert-alkyl or cyclic N) is 1. The monoisotopic (exact) mass is 474 g/mol. The summed E-state index contributed by atoms with van der Waals surface area (Å²) in [5.41, 5.74) is -0.0430. The van der Waals surface area contributed by atoms with Gasteiger partial charge in [0.1, 0.15) is 36.1 Å². The van der Waals surface area contributed by atoms with Crippen LogP contribution in [-0.4, -0.2) is 78.7 Å². The molecule has 1 saturated heterocycles. The first-order valence-corrected chi connectivity index (χ1v) is 12.1. The van der Waals surface area contributed by atoms with Crippen molar-refractivity contribution in [3.05, 3.63) is 59.9 Å². The highest BCUT2D eigenvalue weighted by Crippen LogP contribution is 2.20. The van der Waals surface area contributed by atoms with Gasteiger partial charge in [-0.3, -0.25) is 9.80 Å². The van der Waals surface area contributed by atoms with Crippen molar-refractivity contribution in [2.24, 2.45) is 0 Å². The minimum absolute atomic E-state index is 0.0313. The van der Waals surface area contributed by atoms with Gasteiger partial charge >= 0.3 is 0 Å². The minimum Gasteiger partial charge on any atom is -0.492 e. The number of benzene rings is 2. The van der Waals surface area contributed by atoms with Gasteiger partial charge in [0.15, 0.2) is 0 Å². The smallest absolute Gasteiger partial charge is 0.134 e. The summed E-state index contributed by atoms with van der Waals surface area (Å²) in [7, 11) is 0. The van der Waals surface area contributed by atoms with E-state index < -0.39 is 5.60 Å². The second kappa shape index (κ2) is 12.5. The lowest BCUT2D eigenvalue weighted by Gasteiger charge is -2.30. The number of hydrogen-bond donors (Lipinski definition) is 1. The maximum Gasteiger partial charge on any atom is 0.134 e. The number of aliphatic hydroxyl groups is 1. The van der Waals surface area contributed by atoms with Crippen LogP contribution in [0.15, 0.2) is 48.5 Å². The first-order valence-electron chi connectivity index (χ1n) is 12.1. The Morgan fingerprint density at radius 3 is 2.47 bits per heavy atom. The van der Waals surface area contributed by atoms with Crippen LogP contribution in [0, 0.1) is 5.82 Å². The molecule has 0 saturated carbocycles. The molecule has 0 radical (unpaired) electrons. The third-order valence-electron chi connectivity index (χ3n) is 6.02. The van der Waals surface area contributed by atoms with Crippen molar-refractivity contribution in [1.82, 2.24) is 9.80 Å². The highest BCUT2D eigenvalue weighted by Gasteiger charge is 2.33. The van der Waals surface area contributed by atoms with Gasteiger partial charge in [-0.15, -0.1) is 0 Å². The molecule has 1 N–H and O–H groups in total. The van der Waals surface area contributed by atoms with Crippen LogP contribution in [-0.2, 0) is 11.3 Å². The van der Waals surface area contributed by atoms with Crippen LogP contribution in [0.5, 0.6) is 11.5 Å². The molecule has 1 atom stereocenters. The van der Waals surface area contributed by atoms with Crippen molar-refractivity contribution in [2.75, 3.05) is 46.1 Å². The van der Waals surface area contributed by atoms with E-state index in [1.165, 1.54) is 12.1 Å². The Bertz CT molecular complexity index is 869. The van der Waals surface area contributed by atoms with Gasteiger partial charge in [0.05, 0.1) is 13.2 Å². The van der Waals surface area contributed by atoms with Crippen LogP contribution < -0.4 is 9.47 Å². The maximum absolute atomic E-state index is 13.4. The van der Waals surface area contributed by atoms with E-state index in [1.54, 1.807) is 12.1 Å². The second-order valence-corrected chi connectivity index (χ2v) is 9.65. The molecule has 34 heavy (non-hydrogen) atoms. The standard InChI is InChI=1S/C27H39FN2O4/c1-21(2)30(22(3)4)13-15-33-25-10-8-23(9-11-25)17-29-12-14-32-19-27(31,18-29)20-34-26-7-5-6-24(28)16-26/h5-11,16,21-22,31H,12-15,17-20H2,1-4H3. The van der Waals surface area contributed by atoms with Crippen molar-refractivity contribution in [3.8, 4) is 11.5 Å². The topological polar surface area (TPSA) is 54.4 Å². The first kappa shape index (κ1) is 26.4. The Kier molecular flexibility index (Phi) is 9.71. The molecule has 7 heteroatoms. The SMILES string of the molecule is CC(C)N(CCOc1ccc(CN2CCOCC(O)(COc3cccc(F)c3)C2)cc1)C(C)C. The summed E-state index contributed by atoms with van der Waals surface area (Å²) in [5.74, 6) is 0.882. The van der Waals surface area contributed by atoms with E-state index in [-0.39, 0.29) is 19.0 Å². The molecule has 188 valence electrons. The summed E-state index contributed by atoms with van der Waals surface area (Å²) in [6.07, 6.45) is 0. The van der Waals surface area contributed by atoms with Crippen LogP contribution in [0.1, 0.15) is 33.3 Å². The molecule has 1 aliphatic heterocycles. The quantitative estimate of drug-likeness (QED) is 0.532. The highest BCUT2D eigenvalue weighted by molar-refractivity contribution is 5.27. The van der Waals surface area contributed by atoms with Crippen LogP contribution >= 0.6 is 0 Å². The van der Waals surface area contributed by atoms with E-state index in [1.807, 2.05) is 12.1 Å². The van der Waals surface area contributed by atoms with Crippen molar-refractivity contribution in [3.63, 3.8) is 0 Å². The molecule has 0 amide bonds. The zero-order valence-corrected chi connectivity index (χ0v) is 20.9. The number of nitrogens with zero attached hydrogens (tertiary/aromatic N) is 2. The van der Waals surface area contributed by atoms with Crippen LogP contribution in [0.25, 0.3) is 0 Å². The molecule has 6 nitrogen and oxygen atoms in total. The van der Waals surface area contributed by atoms with Gasteiger partial charge in [-0.1, -0.05) is 18.2 Å². The van der Waals surface area contributed by atoms with Gasteiger partial charge in [0.2, 0.25) is 0 Å². The van der Waals surface area contributed by atoms with Crippen LogP contribution in [0.2, 0.25) is 0 Å². The van der Waals surface area contributed by atoms with Gasteiger partial charge in [-0.25, -0.2) is 4.39 Å². The Morgan fingerprint density at radius 2 is 1.79 bits per heavy atom. The molecule has 1 heterocycles. The van der Waals surface area contributed by atoms with E-state index in [4.69, 9.17) is 14.2 Å². The van der Waals surface area contributed by atoms with Crippen LogP contribution in [0.3, 0.4) is 0 Å². The summed E-state index contributed by atoms with van der Waals surface area (Å²) in [4.78, 5) is 4.57. The van der Waals surface area contributed by atoms with E-state index in [0.29, 0.717) is 50.7 Å². The molecule has 0 aromatic heterocycles. The van der Waals surface area contributed by atoms with Gasteiger partial charge in [-0.05, 0) is 57.5 Å². The Labute approximate surface area is 203 Å². The van der Waals surface area contributed by atoms with Crippen molar-refractivity contribution >= 4 is 0 Å². The fraction of sp³-hybridized carbons (Fsp3) is 0.556. The summed E-state index contributed by atoms with van der Waals surface area (Å²) in [5, 5.41) is 11.1. The summed E-state index contributed by atoms with van der Waals surface area (Å²) >= 11 is 0. The predicted octanol–water partition coefficient (Wildman–Crippen LogP) is 3.97. The van der Waals surface area contributed by atoms with Gasteiger partial charge < -0.3 is 19.3 Å². The fourth-order valence-corrected chi connectivity index (χ4v) is 4.32. The average molecular weight is 475 g/mol. The molecule has 1 fully saturated rings. The van der Waals surface area contributed by atoms with Crippen molar-refractivity contribution in [2.45, 2.75) is 51.9 Å². The lowest BCUT2D eigenvalue weighted by molar-refractivity contribution is -0.0647. The van der Waals surface area contributed by atoms with Crippen LogP contribution in [0.4, 0.5) is 4.39 Å². The zero-order valence-electron chi connectivity index (χ0n) is 20.9. The van der Waals surface area contributed by atoms with Gasteiger partial charge in [0.25, 0.3) is 0 Å². The number of hydrogen-bond acceptors (Lipinski definition) is 6. The van der Waals surface area contributed by atoms with E-state index in [0.717, 1.165) is 17.9 Å². The van der Waals surface area contributed by atoms with E-state index >= 15 is 0 Å². The number of halogens is 1. The van der Waals surface area contributed by atoms with Crippen molar-refractivity contribution < 1.29 is 23.7 Å². The molecule has 3 rings (SSSR count). The normalized spacial score (nSPS) is 19.6. The molecule has 2 aromatic carbocycles. The molecular weight excluding hydrogens is 435 g/mol. The number of rotatable bonds is 11. The molecule has 0 bridgehead atoms. The molecule has 1 aliphatic rings. The molecule has 0 aliphatic carbocycles. The molecule has 0 spiro atoms. The third-order valence-corrected chi connectivity index (χ3v) is 6.02. The highest BCUT2D eigenvalue weighted by atomic mass is 19.1. The summed E-state index contributed by atoms with van der Waals surface area (Å²) in [6, 6.07) is 15.0. The minimum atomic E-state index is -1.18. The molecule has 2 aromatic rings. The number of ether oxygens (including phenoxy) is 3. The predicted molar refractivity (Wildman–Crippen MR) is 132 cm³/mol.